The molecule has 1 aromatic rings. The van der Waals surface area contributed by atoms with Gasteiger partial charge in [0.25, 0.3) is 0 Å². The second-order valence-corrected chi connectivity index (χ2v) is 11.6. The topological polar surface area (TPSA) is 61.8 Å². The SMILES string of the molecule is CC(C)(C)OOC(=O)C(=O)Oc1c(C(C)(C)C)cc(C(C)(C)C)cc1C(C)(C)C. The van der Waals surface area contributed by atoms with Crippen molar-refractivity contribution in [2.75, 3.05) is 0 Å². The number of ether oxygens (including phenoxy) is 1. The van der Waals surface area contributed by atoms with Crippen LogP contribution in [0.2, 0.25) is 0 Å². The average Bonchev–Trinajstić information content (AvgIpc) is 2.48. The molecule has 0 fully saturated rings. The minimum absolute atomic E-state index is 0.0813. The van der Waals surface area contributed by atoms with Gasteiger partial charge in [-0.3, -0.25) is 4.89 Å². The number of carbonyl (C=O) groups is 2. The molecule has 29 heavy (non-hydrogen) atoms. The van der Waals surface area contributed by atoms with E-state index in [0.29, 0.717) is 5.75 Å². The van der Waals surface area contributed by atoms with E-state index in [1.165, 1.54) is 0 Å². The van der Waals surface area contributed by atoms with Crippen LogP contribution < -0.4 is 4.74 Å². The third kappa shape index (κ3) is 7.14. The number of benzene rings is 1. The van der Waals surface area contributed by atoms with Gasteiger partial charge in [0.05, 0.1) is 0 Å². The summed E-state index contributed by atoms with van der Waals surface area (Å²) in [5.41, 5.74) is 1.47. The van der Waals surface area contributed by atoms with Crippen LogP contribution >= 0.6 is 0 Å². The van der Waals surface area contributed by atoms with Gasteiger partial charge in [-0.1, -0.05) is 74.4 Å². The highest BCUT2D eigenvalue weighted by atomic mass is 17.2. The maximum atomic E-state index is 12.5. The fraction of sp³-hybridized carbons (Fsp3) is 0.667. The molecule has 0 saturated heterocycles. The van der Waals surface area contributed by atoms with Crippen LogP contribution in [0, 0.1) is 0 Å². The van der Waals surface area contributed by atoms with Gasteiger partial charge < -0.3 is 4.74 Å². The first kappa shape index (κ1) is 25.2. The highest BCUT2D eigenvalue weighted by Gasteiger charge is 2.33. The van der Waals surface area contributed by atoms with Gasteiger partial charge >= 0.3 is 11.9 Å². The number of carbonyl (C=O) groups excluding carboxylic acids is 2. The molecular formula is C24H38O5. The summed E-state index contributed by atoms with van der Waals surface area (Å²) in [5, 5.41) is 0. The van der Waals surface area contributed by atoms with Crippen LogP contribution in [0.25, 0.3) is 0 Å². The van der Waals surface area contributed by atoms with Gasteiger partial charge in [-0.05, 0) is 42.6 Å². The van der Waals surface area contributed by atoms with Crippen LogP contribution in [0.4, 0.5) is 0 Å². The fourth-order valence-electron chi connectivity index (χ4n) is 2.62. The van der Waals surface area contributed by atoms with Crippen LogP contribution in [0.15, 0.2) is 12.1 Å². The Kier molecular flexibility index (Phi) is 7.02. The van der Waals surface area contributed by atoms with Gasteiger partial charge in [0.15, 0.2) is 0 Å². The Morgan fingerprint density at radius 1 is 0.655 bits per heavy atom. The highest BCUT2D eigenvalue weighted by Crippen LogP contribution is 2.43. The van der Waals surface area contributed by atoms with Crippen molar-refractivity contribution >= 4 is 11.9 Å². The van der Waals surface area contributed by atoms with Crippen LogP contribution in [-0.4, -0.2) is 17.5 Å². The smallest absolute Gasteiger partial charge is 0.417 e. The van der Waals surface area contributed by atoms with Crippen molar-refractivity contribution in [1.29, 1.82) is 0 Å². The lowest BCUT2D eigenvalue weighted by atomic mass is 9.74. The largest absolute Gasteiger partial charge is 0.450 e. The summed E-state index contributed by atoms with van der Waals surface area (Å²) in [4.78, 5) is 34.2. The van der Waals surface area contributed by atoms with Gasteiger partial charge in [0, 0.05) is 11.1 Å². The minimum atomic E-state index is -1.18. The molecule has 0 bridgehead atoms. The van der Waals surface area contributed by atoms with Gasteiger partial charge in [0.2, 0.25) is 0 Å². The Balaban J connectivity index is 3.51. The number of esters is 1. The molecule has 0 N–H and O–H groups in total. The van der Waals surface area contributed by atoms with Crippen LogP contribution in [0.5, 0.6) is 5.75 Å². The summed E-state index contributed by atoms with van der Waals surface area (Å²) in [6.45, 7) is 23.9. The Hall–Kier alpha value is -1.88. The Morgan fingerprint density at radius 2 is 1.07 bits per heavy atom. The minimum Gasteiger partial charge on any atom is -0.417 e. The summed E-state index contributed by atoms with van der Waals surface area (Å²) in [5.74, 6) is -1.87. The normalized spacial score (nSPS) is 13.2. The van der Waals surface area contributed by atoms with E-state index in [9.17, 15) is 9.59 Å². The Morgan fingerprint density at radius 3 is 1.38 bits per heavy atom. The van der Waals surface area contributed by atoms with Crippen molar-refractivity contribution in [3.8, 4) is 5.75 Å². The summed E-state index contributed by atoms with van der Waals surface area (Å²) in [6, 6.07) is 4.13. The quantitative estimate of drug-likeness (QED) is 0.205. The maximum Gasteiger partial charge on any atom is 0.450 e. The molecule has 0 amide bonds. The second-order valence-electron chi connectivity index (χ2n) is 11.6. The third-order valence-electron chi connectivity index (χ3n) is 4.30. The van der Waals surface area contributed by atoms with E-state index in [1.54, 1.807) is 20.8 Å². The number of hydrogen-bond donors (Lipinski definition) is 0. The Labute approximate surface area is 176 Å². The molecule has 0 atom stereocenters. The van der Waals surface area contributed by atoms with E-state index in [0.717, 1.165) is 16.7 Å². The summed E-state index contributed by atoms with van der Waals surface area (Å²) < 4.78 is 5.63. The van der Waals surface area contributed by atoms with Gasteiger partial charge in [-0.25, -0.2) is 9.59 Å². The first-order chi connectivity index (χ1) is 12.7. The van der Waals surface area contributed by atoms with E-state index in [2.05, 4.69) is 79.3 Å². The zero-order valence-corrected chi connectivity index (χ0v) is 20.2. The molecule has 0 unspecified atom stereocenters. The lowest BCUT2D eigenvalue weighted by Gasteiger charge is -2.32. The average molecular weight is 407 g/mol. The molecule has 1 rings (SSSR count). The van der Waals surface area contributed by atoms with E-state index >= 15 is 0 Å². The third-order valence-corrected chi connectivity index (χ3v) is 4.30. The molecule has 0 spiro atoms. The van der Waals surface area contributed by atoms with Crippen molar-refractivity contribution in [2.45, 2.75) is 105 Å². The van der Waals surface area contributed by atoms with E-state index < -0.39 is 17.5 Å². The van der Waals surface area contributed by atoms with Crippen molar-refractivity contribution < 1.29 is 24.1 Å². The van der Waals surface area contributed by atoms with Crippen LogP contribution in [0.3, 0.4) is 0 Å². The predicted molar refractivity (Wildman–Crippen MR) is 115 cm³/mol. The molecule has 0 saturated carbocycles. The first-order valence-electron chi connectivity index (χ1n) is 10.0. The van der Waals surface area contributed by atoms with Gasteiger partial charge in [-0.2, -0.15) is 4.89 Å². The van der Waals surface area contributed by atoms with Crippen molar-refractivity contribution in [2.24, 2.45) is 0 Å². The lowest BCUT2D eigenvalue weighted by molar-refractivity contribution is -0.318. The first-order valence-corrected chi connectivity index (χ1v) is 10.0. The molecular weight excluding hydrogens is 368 g/mol. The zero-order valence-electron chi connectivity index (χ0n) is 20.2. The monoisotopic (exact) mass is 406 g/mol. The zero-order chi connectivity index (χ0) is 23.0. The maximum absolute atomic E-state index is 12.5. The summed E-state index contributed by atoms with van der Waals surface area (Å²) in [6.07, 6.45) is 0. The highest BCUT2D eigenvalue weighted by molar-refractivity contribution is 6.30. The number of rotatable bonds is 2. The van der Waals surface area contributed by atoms with Crippen LogP contribution in [0.1, 0.15) is 99.8 Å². The lowest BCUT2D eigenvalue weighted by Crippen LogP contribution is -2.30. The summed E-state index contributed by atoms with van der Waals surface area (Å²) in [7, 11) is 0. The molecule has 0 aliphatic carbocycles. The second kappa shape index (κ2) is 8.10. The van der Waals surface area contributed by atoms with E-state index in [-0.39, 0.29) is 16.2 Å². The molecule has 0 aliphatic heterocycles. The summed E-state index contributed by atoms with van der Waals surface area (Å²) >= 11 is 0. The molecule has 1 aromatic carbocycles. The standard InChI is InChI=1S/C24H38O5/c1-21(2,3)15-13-16(22(4,5)6)18(17(14-15)23(7,8)9)27-19(25)20(26)28-29-24(10,11)12/h13-14H,1-12H3. The van der Waals surface area contributed by atoms with Crippen LogP contribution in [-0.2, 0) is 35.6 Å². The predicted octanol–water partition coefficient (Wildman–Crippen LogP) is 5.76. The van der Waals surface area contributed by atoms with Gasteiger partial charge in [0.1, 0.15) is 11.4 Å². The Bertz CT molecular complexity index is 727. The molecule has 5 heteroatoms. The molecule has 0 aliphatic rings. The molecule has 164 valence electrons. The number of hydrogen-bond acceptors (Lipinski definition) is 5. The van der Waals surface area contributed by atoms with Crippen molar-refractivity contribution in [3.05, 3.63) is 28.8 Å². The van der Waals surface area contributed by atoms with E-state index in [1.807, 2.05) is 0 Å². The van der Waals surface area contributed by atoms with Gasteiger partial charge in [-0.15, -0.1) is 0 Å². The molecule has 0 aromatic heterocycles. The van der Waals surface area contributed by atoms with Crippen molar-refractivity contribution in [1.82, 2.24) is 0 Å². The van der Waals surface area contributed by atoms with Crippen molar-refractivity contribution in [3.63, 3.8) is 0 Å². The molecule has 0 radical (unpaired) electrons. The molecule has 5 nitrogen and oxygen atoms in total. The van der Waals surface area contributed by atoms with E-state index in [4.69, 9.17) is 9.62 Å². The fourth-order valence-corrected chi connectivity index (χ4v) is 2.62. The molecule has 0 heterocycles.